The van der Waals surface area contributed by atoms with E-state index in [2.05, 4.69) is 40.6 Å². The Morgan fingerprint density at radius 3 is 2.63 bits per heavy atom. The fourth-order valence-electron chi connectivity index (χ4n) is 2.95. The van der Waals surface area contributed by atoms with E-state index in [4.69, 9.17) is 0 Å². The van der Waals surface area contributed by atoms with E-state index in [0.717, 1.165) is 27.6 Å². The third kappa shape index (κ3) is 4.30. The molecule has 0 bridgehead atoms. The largest absolute Gasteiger partial charge is 0.298 e. The summed E-state index contributed by atoms with van der Waals surface area (Å²) in [6, 6.07) is 24.4. The van der Waals surface area contributed by atoms with E-state index in [1.54, 1.807) is 6.08 Å². The predicted octanol–water partition coefficient (Wildman–Crippen LogP) is 5.54. The third-order valence-corrected chi connectivity index (χ3v) is 5.16. The van der Waals surface area contributed by atoms with Crippen LogP contribution in [0.2, 0.25) is 0 Å². The summed E-state index contributed by atoms with van der Waals surface area (Å²) >= 11 is 1.50. The molecule has 132 valence electrons. The summed E-state index contributed by atoms with van der Waals surface area (Å²) < 4.78 is 0. The number of nitrogens with zero attached hydrogens (tertiary/aromatic N) is 1. The molecule has 27 heavy (non-hydrogen) atoms. The summed E-state index contributed by atoms with van der Waals surface area (Å²) in [4.78, 5) is 17.7. The van der Waals surface area contributed by atoms with Gasteiger partial charge < -0.3 is 0 Å². The Morgan fingerprint density at radius 1 is 0.963 bits per heavy atom. The fourth-order valence-corrected chi connectivity index (χ4v) is 3.80. The zero-order valence-corrected chi connectivity index (χ0v) is 15.4. The molecule has 0 radical (unpaired) electrons. The Hall–Kier alpha value is -3.24. The van der Waals surface area contributed by atoms with Crippen LogP contribution in [-0.4, -0.2) is 10.9 Å². The Bertz CT molecular complexity index is 1090. The number of hydrogen-bond donors (Lipinski definition) is 1. The maximum atomic E-state index is 12.3. The van der Waals surface area contributed by atoms with Crippen LogP contribution in [0.4, 0.5) is 5.13 Å². The van der Waals surface area contributed by atoms with Crippen molar-refractivity contribution in [1.29, 1.82) is 0 Å². The van der Waals surface area contributed by atoms with Crippen molar-refractivity contribution in [3.05, 3.63) is 101 Å². The molecule has 3 nitrogen and oxygen atoms in total. The summed E-state index contributed by atoms with van der Waals surface area (Å²) in [5.41, 5.74) is 2.25. The highest BCUT2D eigenvalue weighted by atomic mass is 32.1. The number of hydrogen-bond acceptors (Lipinski definition) is 3. The minimum absolute atomic E-state index is 0.177. The molecule has 0 aliphatic rings. The number of amides is 1. The van der Waals surface area contributed by atoms with Crippen LogP contribution in [0.1, 0.15) is 16.0 Å². The molecule has 0 saturated heterocycles. The zero-order chi connectivity index (χ0) is 18.5. The summed E-state index contributed by atoms with van der Waals surface area (Å²) in [5.74, 6) is -0.177. The maximum Gasteiger partial charge on any atom is 0.250 e. The van der Waals surface area contributed by atoms with Crippen LogP contribution in [-0.2, 0) is 11.2 Å². The predicted molar refractivity (Wildman–Crippen MR) is 113 cm³/mol. The molecule has 0 spiro atoms. The van der Waals surface area contributed by atoms with Crippen LogP contribution in [0.25, 0.3) is 16.8 Å². The molecule has 0 saturated carbocycles. The van der Waals surface area contributed by atoms with E-state index in [0.29, 0.717) is 5.13 Å². The van der Waals surface area contributed by atoms with Gasteiger partial charge in [0.2, 0.25) is 5.91 Å². The van der Waals surface area contributed by atoms with E-state index in [9.17, 15) is 4.79 Å². The Balaban J connectivity index is 1.43. The topological polar surface area (TPSA) is 42.0 Å². The number of fused-ring (bicyclic) bond motifs is 1. The quantitative estimate of drug-likeness (QED) is 0.469. The molecular weight excluding hydrogens is 352 g/mol. The molecule has 3 aromatic carbocycles. The van der Waals surface area contributed by atoms with Crippen molar-refractivity contribution in [2.45, 2.75) is 6.42 Å². The monoisotopic (exact) mass is 370 g/mol. The number of carbonyl (C=O) groups is 1. The van der Waals surface area contributed by atoms with E-state index >= 15 is 0 Å². The minimum Gasteiger partial charge on any atom is -0.298 e. The molecule has 4 aromatic rings. The van der Waals surface area contributed by atoms with E-state index < -0.39 is 0 Å². The normalized spacial score (nSPS) is 11.1. The molecule has 0 aliphatic carbocycles. The van der Waals surface area contributed by atoms with Gasteiger partial charge in [0.15, 0.2) is 5.13 Å². The molecule has 0 fully saturated rings. The highest BCUT2D eigenvalue weighted by Crippen LogP contribution is 2.22. The first-order valence-electron chi connectivity index (χ1n) is 8.73. The summed E-state index contributed by atoms with van der Waals surface area (Å²) in [5, 5.41) is 5.75. The Morgan fingerprint density at radius 2 is 1.74 bits per heavy atom. The van der Waals surface area contributed by atoms with Gasteiger partial charge in [-0.25, -0.2) is 4.98 Å². The number of anilines is 1. The van der Waals surface area contributed by atoms with Crippen molar-refractivity contribution in [2.24, 2.45) is 0 Å². The average molecular weight is 370 g/mol. The average Bonchev–Trinajstić information content (AvgIpc) is 3.13. The Labute approximate surface area is 162 Å². The van der Waals surface area contributed by atoms with Crippen LogP contribution in [0.3, 0.4) is 0 Å². The van der Waals surface area contributed by atoms with Gasteiger partial charge in [0, 0.05) is 23.6 Å². The molecule has 1 amide bonds. The fraction of sp³-hybridized carbons (Fsp3) is 0.0435. The summed E-state index contributed by atoms with van der Waals surface area (Å²) in [7, 11) is 0. The zero-order valence-electron chi connectivity index (χ0n) is 14.6. The smallest absolute Gasteiger partial charge is 0.250 e. The van der Waals surface area contributed by atoms with E-state index in [1.165, 1.54) is 16.9 Å². The third-order valence-electron chi connectivity index (χ3n) is 4.24. The highest BCUT2D eigenvalue weighted by Gasteiger charge is 2.05. The number of nitrogens with one attached hydrogen (secondary N) is 1. The second-order valence-corrected chi connectivity index (χ2v) is 7.30. The van der Waals surface area contributed by atoms with Gasteiger partial charge in [0.25, 0.3) is 0 Å². The van der Waals surface area contributed by atoms with Crippen LogP contribution < -0.4 is 5.32 Å². The van der Waals surface area contributed by atoms with Gasteiger partial charge >= 0.3 is 0 Å². The van der Waals surface area contributed by atoms with Gasteiger partial charge in [-0.2, -0.15) is 0 Å². The molecule has 0 aliphatic heterocycles. The van der Waals surface area contributed by atoms with Gasteiger partial charge in [-0.3, -0.25) is 10.1 Å². The van der Waals surface area contributed by atoms with Crippen molar-refractivity contribution >= 4 is 39.2 Å². The summed E-state index contributed by atoms with van der Waals surface area (Å²) in [6.45, 7) is 0. The number of thiazole rings is 1. The van der Waals surface area contributed by atoms with Crippen molar-refractivity contribution in [3.8, 4) is 0 Å². The highest BCUT2D eigenvalue weighted by molar-refractivity contribution is 7.15. The number of carbonyl (C=O) groups excluding carboxylic acids is 1. The number of benzene rings is 3. The molecule has 4 heteroatoms. The number of rotatable bonds is 5. The molecule has 0 atom stereocenters. The lowest BCUT2D eigenvalue weighted by Gasteiger charge is -2.01. The molecule has 1 heterocycles. The number of aromatic nitrogens is 1. The standard InChI is InChI=1S/C23H18N2OS/c26-22(14-13-19-11-6-10-18-9-4-5-12-21(18)19)25-23-24-16-20(27-23)15-17-7-2-1-3-8-17/h1-14,16H,15H2,(H,24,25,26)/b14-13+. The van der Waals surface area contributed by atoms with Crippen LogP contribution in [0, 0.1) is 0 Å². The second-order valence-electron chi connectivity index (χ2n) is 6.19. The van der Waals surface area contributed by atoms with Crippen molar-refractivity contribution in [3.63, 3.8) is 0 Å². The lowest BCUT2D eigenvalue weighted by Crippen LogP contribution is -2.07. The van der Waals surface area contributed by atoms with Crippen LogP contribution in [0.5, 0.6) is 0 Å². The van der Waals surface area contributed by atoms with Gasteiger partial charge in [0.05, 0.1) is 0 Å². The van der Waals surface area contributed by atoms with Gasteiger partial charge in [-0.1, -0.05) is 72.8 Å². The van der Waals surface area contributed by atoms with Gasteiger partial charge in [-0.15, -0.1) is 11.3 Å². The lowest BCUT2D eigenvalue weighted by atomic mass is 10.0. The first-order valence-corrected chi connectivity index (χ1v) is 9.55. The second kappa shape index (κ2) is 7.98. The van der Waals surface area contributed by atoms with Crippen molar-refractivity contribution in [1.82, 2.24) is 4.98 Å². The molecule has 1 N–H and O–H groups in total. The molecule has 4 rings (SSSR count). The van der Waals surface area contributed by atoms with E-state index in [1.807, 2.05) is 54.7 Å². The first-order chi connectivity index (χ1) is 13.3. The maximum absolute atomic E-state index is 12.3. The Kier molecular flexibility index (Phi) is 5.08. The van der Waals surface area contributed by atoms with Crippen molar-refractivity contribution < 1.29 is 4.79 Å². The molecular formula is C23H18N2OS. The molecule has 0 unspecified atom stereocenters. The first kappa shape index (κ1) is 17.2. The van der Waals surface area contributed by atoms with Crippen molar-refractivity contribution in [2.75, 3.05) is 5.32 Å². The van der Waals surface area contributed by atoms with Crippen LogP contribution in [0.15, 0.2) is 85.1 Å². The SMILES string of the molecule is O=C(/C=C/c1cccc2ccccc12)Nc1ncc(Cc2ccccc2)s1. The van der Waals surface area contributed by atoms with Crippen LogP contribution >= 0.6 is 11.3 Å². The lowest BCUT2D eigenvalue weighted by molar-refractivity contribution is -0.111. The van der Waals surface area contributed by atoms with E-state index in [-0.39, 0.29) is 5.91 Å². The summed E-state index contributed by atoms with van der Waals surface area (Å²) in [6.07, 6.45) is 6.04. The van der Waals surface area contributed by atoms with Gasteiger partial charge in [0.1, 0.15) is 0 Å². The van der Waals surface area contributed by atoms with Gasteiger partial charge in [-0.05, 0) is 28.0 Å². The molecule has 1 aromatic heterocycles. The minimum atomic E-state index is -0.177.